The van der Waals surface area contributed by atoms with Crippen molar-refractivity contribution in [1.82, 2.24) is 19.7 Å². The highest BCUT2D eigenvalue weighted by Crippen LogP contribution is 2.55. The van der Waals surface area contributed by atoms with Crippen molar-refractivity contribution in [3.63, 3.8) is 0 Å². The fourth-order valence-corrected chi connectivity index (χ4v) is 6.50. The van der Waals surface area contributed by atoms with Crippen molar-refractivity contribution >= 4 is 43.6 Å². The first-order valence-corrected chi connectivity index (χ1v) is 14.6. The van der Waals surface area contributed by atoms with E-state index in [0.29, 0.717) is 5.39 Å². The standard InChI is InChI=1S/C19H23ClFN5O9P2/c1-9(10-2-4-11(21)5-3-10)23-16-12-6-22-26(17(12)25-19(20)24-16)18-15(28)14(27)13(35-18)7-34-37(32,33)8-36(29,30)31/h2-6,9,13-15,18,27-28H,7-8H2,1H3,(H,32,33)(H,23,24,25)(H2,29,30,31)/t9-,13-,14-,15-,18-/m1/s1. The van der Waals surface area contributed by atoms with E-state index in [1.165, 1.54) is 18.3 Å². The number of ether oxygens (including phenoxy) is 1. The normalized spacial score (nSPS) is 24.8. The zero-order valence-electron chi connectivity index (χ0n) is 19.0. The molecule has 1 unspecified atom stereocenters. The molecule has 37 heavy (non-hydrogen) atoms. The molecule has 14 nitrogen and oxygen atoms in total. The van der Waals surface area contributed by atoms with E-state index in [2.05, 4.69) is 20.4 Å². The molecule has 2 aromatic heterocycles. The minimum atomic E-state index is -4.85. The Bertz CT molecular complexity index is 1370. The Morgan fingerprint density at radius 1 is 1.19 bits per heavy atom. The van der Waals surface area contributed by atoms with Crippen molar-refractivity contribution in [2.75, 3.05) is 17.8 Å². The topological polar surface area (TPSA) is 209 Å². The molecule has 1 aromatic carbocycles. The highest BCUT2D eigenvalue weighted by atomic mass is 35.5. The number of benzene rings is 1. The van der Waals surface area contributed by atoms with Crippen LogP contribution in [-0.4, -0.2) is 75.5 Å². The predicted molar refractivity (Wildman–Crippen MR) is 127 cm³/mol. The van der Waals surface area contributed by atoms with Crippen LogP contribution < -0.4 is 5.32 Å². The van der Waals surface area contributed by atoms with Gasteiger partial charge in [-0.3, -0.25) is 9.13 Å². The Morgan fingerprint density at radius 2 is 1.86 bits per heavy atom. The van der Waals surface area contributed by atoms with Gasteiger partial charge in [0.1, 0.15) is 29.9 Å². The monoisotopic (exact) mass is 581 g/mol. The molecule has 0 radical (unpaired) electrons. The second-order valence-corrected chi connectivity index (χ2v) is 12.7. The SMILES string of the molecule is C[C@@H](Nc1nc(Cl)nc2c1cnn2[C@@H]1O[C@H](COP(=O)(O)CP(=O)(O)O)[C@@H](O)[C@H]1O)c1ccc(F)cc1. The Kier molecular flexibility index (Phi) is 8.03. The average Bonchev–Trinajstić information content (AvgIpc) is 3.32. The van der Waals surface area contributed by atoms with Crippen LogP contribution in [0.25, 0.3) is 11.0 Å². The number of anilines is 1. The Hall–Kier alpha value is -2.03. The average molecular weight is 582 g/mol. The zero-order chi connectivity index (χ0) is 27.1. The molecule has 0 saturated carbocycles. The van der Waals surface area contributed by atoms with Crippen LogP contribution in [0, 0.1) is 5.82 Å². The van der Waals surface area contributed by atoms with Gasteiger partial charge in [-0.2, -0.15) is 15.1 Å². The van der Waals surface area contributed by atoms with Crippen molar-refractivity contribution in [2.45, 2.75) is 37.5 Å². The van der Waals surface area contributed by atoms with Crippen molar-refractivity contribution in [3.8, 4) is 0 Å². The minimum absolute atomic E-state index is 0.126. The van der Waals surface area contributed by atoms with Gasteiger partial charge in [0, 0.05) is 6.04 Å². The Morgan fingerprint density at radius 3 is 2.51 bits per heavy atom. The molecular weight excluding hydrogens is 559 g/mol. The van der Waals surface area contributed by atoms with E-state index >= 15 is 0 Å². The third-order valence-electron chi connectivity index (χ3n) is 5.53. The summed E-state index contributed by atoms with van der Waals surface area (Å²) in [4.78, 5) is 35.8. The number of halogens is 2. The first kappa shape index (κ1) is 28.0. The van der Waals surface area contributed by atoms with E-state index in [1.807, 2.05) is 6.92 Å². The quantitative estimate of drug-likeness (QED) is 0.157. The van der Waals surface area contributed by atoms with Crippen LogP contribution in [0.4, 0.5) is 10.2 Å². The molecule has 1 fully saturated rings. The van der Waals surface area contributed by atoms with Gasteiger partial charge in [-0.1, -0.05) is 12.1 Å². The number of nitrogens with zero attached hydrogens (tertiary/aromatic N) is 4. The molecule has 0 spiro atoms. The third kappa shape index (κ3) is 6.52. The molecule has 6 atom stereocenters. The summed E-state index contributed by atoms with van der Waals surface area (Å²) in [5, 5.41) is 28.5. The summed E-state index contributed by atoms with van der Waals surface area (Å²) < 4.78 is 47.6. The van der Waals surface area contributed by atoms with Gasteiger partial charge in [-0.05, 0) is 36.2 Å². The molecule has 1 aliphatic heterocycles. The lowest BCUT2D eigenvalue weighted by atomic mass is 10.1. The summed E-state index contributed by atoms with van der Waals surface area (Å²) in [6, 6.07) is 5.53. The number of aliphatic hydroxyl groups is 2. The van der Waals surface area contributed by atoms with E-state index < -0.39 is 52.2 Å². The molecule has 3 aromatic rings. The summed E-state index contributed by atoms with van der Waals surface area (Å²) in [5.74, 6) is -1.51. The van der Waals surface area contributed by atoms with Crippen molar-refractivity contribution in [2.24, 2.45) is 0 Å². The van der Waals surface area contributed by atoms with Gasteiger partial charge in [-0.15, -0.1) is 0 Å². The highest BCUT2D eigenvalue weighted by molar-refractivity contribution is 7.70. The van der Waals surface area contributed by atoms with Crippen molar-refractivity contribution < 1.29 is 47.7 Å². The molecule has 202 valence electrons. The van der Waals surface area contributed by atoms with E-state index in [0.717, 1.165) is 10.2 Å². The second-order valence-electron chi connectivity index (χ2n) is 8.37. The maximum Gasteiger partial charge on any atom is 0.340 e. The van der Waals surface area contributed by atoms with Gasteiger partial charge in [0.2, 0.25) is 5.28 Å². The van der Waals surface area contributed by atoms with E-state index in [4.69, 9.17) is 30.6 Å². The van der Waals surface area contributed by atoms with E-state index in [9.17, 15) is 28.6 Å². The first-order valence-electron chi connectivity index (χ1n) is 10.7. The maximum atomic E-state index is 13.3. The number of rotatable bonds is 9. The smallest absolute Gasteiger partial charge is 0.340 e. The van der Waals surface area contributed by atoms with E-state index in [1.54, 1.807) is 12.1 Å². The lowest BCUT2D eigenvalue weighted by Gasteiger charge is -2.18. The summed E-state index contributed by atoms with van der Waals surface area (Å²) in [6.07, 6.45) is -4.48. The third-order valence-corrected chi connectivity index (χ3v) is 9.16. The van der Waals surface area contributed by atoms with Crippen LogP contribution in [0.1, 0.15) is 24.8 Å². The molecule has 6 N–H and O–H groups in total. The number of aromatic nitrogens is 4. The number of nitrogens with one attached hydrogen (secondary N) is 1. The van der Waals surface area contributed by atoms with Crippen LogP contribution in [0.5, 0.6) is 0 Å². The molecule has 1 saturated heterocycles. The molecule has 0 amide bonds. The van der Waals surface area contributed by atoms with Crippen LogP contribution in [0.15, 0.2) is 30.5 Å². The minimum Gasteiger partial charge on any atom is -0.387 e. The fourth-order valence-electron chi connectivity index (χ4n) is 3.77. The number of fused-ring (bicyclic) bond motifs is 1. The molecule has 18 heteroatoms. The summed E-state index contributed by atoms with van der Waals surface area (Å²) in [6.45, 7) is 1.07. The number of hydrogen-bond acceptors (Lipinski definition) is 10. The van der Waals surface area contributed by atoms with Gasteiger partial charge < -0.3 is 39.5 Å². The first-order chi connectivity index (χ1) is 17.2. The number of hydrogen-bond donors (Lipinski definition) is 6. The van der Waals surface area contributed by atoms with Gasteiger partial charge in [-0.25, -0.2) is 9.07 Å². The highest BCUT2D eigenvalue weighted by Gasteiger charge is 2.46. The van der Waals surface area contributed by atoms with Gasteiger partial charge in [0.15, 0.2) is 17.8 Å². The number of aliphatic hydroxyl groups excluding tert-OH is 2. The van der Waals surface area contributed by atoms with Gasteiger partial charge >= 0.3 is 15.2 Å². The predicted octanol–water partition coefficient (Wildman–Crippen LogP) is 1.75. The zero-order valence-corrected chi connectivity index (χ0v) is 21.5. The van der Waals surface area contributed by atoms with Crippen molar-refractivity contribution in [1.29, 1.82) is 0 Å². The molecule has 0 bridgehead atoms. The maximum absolute atomic E-state index is 13.3. The van der Waals surface area contributed by atoms with Gasteiger partial charge in [0.05, 0.1) is 18.2 Å². The lowest BCUT2D eigenvalue weighted by Crippen LogP contribution is -2.33. The summed E-state index contributed by atoms with van der Waals surface area (Å²) in [7, 11) is -9.56. The van der Waals surface area contributed by atoms with Gasteiger partial charge in [0.25, 0.3) is 0 Å². The summed E-state index contributed by atoms with van der Waals surface area (Å²) in [5.41, 5.74) is 0.887. The van der Waals surface area contributed by atoms with Crippen LogP contribution in [0.3, 0.4) is 0 Å². The van der Waals surface area contributed by atoms with Crippen LogP contribution in [-0.2, 0) is 18.4 Å². The summed E-state index contributed by atoms with van der Waals surface area (Å²) >= 11 is 6.11. The second kappa shape index (κ2) is 10.6. The van der Waals surface area contributed by atoms with E-state index in [-0.39, 0.29) is 28.6 Å². The lowest BCUT2D eigenvalue weighted by molar-refractivity contribution is -0.0541. The van der Waals surface area contributed by atoms with Crippen LogP contribution >= 0.6 is 26.8 Å². The van der Waals surface area contributed by atoms with Crippen LogP contribution in [0.2, 0.25) is 5.28 Å². The fraction of sp³-hybridized carbons (Fsp3) is 0.421. The van der Waals surface area contributed by atoms with Crippen molar-refractivity contribution in [3.05, 3.63) is 47.1 Å². The Labute approximate surface area is 213 Å². The molecule has 1 aliphatic rings. The Balaban J connectivity index is 1.55. The molecule has 4 rings (SSSR count). The molecule has 0 aliphatic carbocycles. The molecule has 3 heterocycles. The largest absolute Gasteiger partial charge is 0.387 e. The molecular formula is C19H23ClFN5O9P2.